The van der Waals surface area contributed by atoms with Gasteiger partial charge in [-0.05, 0) is 117 Å². The van der Waals surface area contributed by atoms with Crippen molar-refractivity contribution < 1.29 is 33.4 Å². The van der Waals surface area contributed by atoms with Crippen molar-refractivity contribution in [1.82, 2.24) is 30.4 Å². The summed E-state index contributed by atoms with van der Waals surface area (Å²) in [5, 5.41) is 5.69. The summed E-state index contributed by atoms with van der Waals surface area (Å²) in [6.07, 6.45) is 10.3. The minimum atomic E-state index is -0.897. The van der Waals surface area contributed by atoms with E-state index < -0.39 is 24.3 Å². The lowest BCUT2D eigenvalue weighted by molar-refractivity contribution is -0.140. The van der Waals surface area contributed by atoms with Gasteiger partial charge in [-0.1, -0.05) is 78.9 Å². The Kier molecular flexibility index (Phi) is 13.1. The van der Waals surface area contributed by atoms with Crippen LogP contribution in [0.15, 0.2) is 96.3 Å². The third kappa shape index (κ3) is 9.38. The monoisotopic (exact) mass is 895 g/mol. The number of methoxy groups -OCH3 is 2. The number of amides is 4. The number of carbonyl (C=O) groups excluding carboxylic acids is 4. The minimum absolute atomic E-state index is 0.0160. The largest absolute Gasteiger partial charge is 0.453 e. The van der Waals surface area contributed by atoms with Gasteiger partial charge in [-0.2, -0.15) is 0 Å². The predicted molar refractivity (Wildman–Crippen MR) is 251 cm³/mol. The van der Waals surface area contributed by atoms with E-state index in [1.165, 1.54) is 14.2 Å². The first kappa shape index (κ1) is 44.9. The number of nitrogens with one attached hydrogen (secondary N) is 3. The fraction of sp³-hybridized carbons (Fsp3) is 0.462. The number of imidazole rings is 1. The number of likely N-dealkylation sites (tertiary alicyclic amines) is 2. The van der Waals surface area contributed by atoms with E-state index in [1.54, 1.807) is 0 Å². The summed E-state index contributed by atoms with van der Waals surface area (Å²) in [6.45, 7) is 6.19. The Morgan fingerprint density at radius 2 is 1.32 bits per heavy atom. The molecule has 1 aromatic heterocycles. The Morgan fingerprint density at radius 3 is 1.97 bits per heavy atom. The molecular formula is C52H61N7O7. The van der Waals surface area contributed by atoms with Gasteiger partial charge >= 0.3 is 12.2 Å². The molecule has 0 radical (unpaired) electrons. The van der Waals surface area contributed by atoms with Gasteiger partial charge in [-0.3, -0.25) is 14.6 Å². The summed E-state index contributed by atoms with van der Waals surface area (Å²) in [5.74, 6) is 0.928. The van der Waals surface area contributed by atoms with E-state index in [-0.39, 0.29) is 54.1 Å². The number of carbonyl (C=O) groups is 4. The van der Waals surface area contributed by atoms with E-state index in [1.807, 2.05) is 59.5 Å². The Morgan fingerprint density at radius 1 is 0.712 bits per heavy atom. The van der Waals surface area contributed by atoms with Crippen LogP contribution in [0, 0.1) is 11.8 Å². The maximum Gasteiger partial charge on any atom is 0.407 e. The molecule has 3 saturated heterocycles. The molecule has 4 fully saturated rings. The third-order valence-corrected chi connectivity index (χ3v) is 14.4. The van der Waals surface area contributed by atoms with Gasteiger partial charge in [-0.25, -0.2) is 14.6 Å². The first-order chi connectivity index (χ1) is 32.0. The number of hydrogen-bond acceptors (Lipinski definition) is 9. The number of hydrogen-bond donors (Lipinski definition) is 3. The summed E-state index contributed by atoms with van der Waals surface area (Å²) < 4.78 is 16.2. The average Bonchev–Trinajstić information content (AvgIpc) is 3.63. The van der Waals surface area contributed by atoms with Crippen LogP contribution < -0.4 is 10.6 Å². The first-order valence-electron chi connectivity index (χ1n) is 23.5. The number of H-pyrrole nitrogens is 1. The summed E-state index contributed by atoms with van der Waals surface area (Å²) in [4.78, 5) is 70.8. The van der Waals surface area contributed by atoms with Crippen LogP contribution in [0.25, 0.3) is 28.0 Å². The van der Waals surface area contributed by atoms with Crippen LogP contribution in [0.5, 0.6) is 0 Å². The van der Waals surface area contributed by atoms with Gasteiger partial charge in [-0.15, -0.1) is 0 Å². The molecule has 4 amide bonds. The van der Waals surface area contributed by atoms with Crippen molar-refractivity contribution >= 4 is 35.3 Å². The Bertz CT molecular complexity index is 2470. The molecule has 3 aromatic carbocycles. The Labute approximate surface area is 386 Å². The van der Waals surface area contributed by atoms with Crippen LogP contribution >= 0.6 is 0 Å². The molecule has 0 spiro atoms. The minimum Gasteiger partial charge on any atom is -0.453 e. The van der Waals surface area contributed by atoms with Crippen molar-refractivity contribution in [1.29, 1.82) is 0 Å². The molecule has 66 heavy (non-hydrogen) atoms. The maximum absolute atomic E-state index is 14.6. The van der Waals surface area contributed by atoms with E-state index in [4.69, 9.17) is 24.2 Å². The number of aromatic nitrogens is 2. The maximum atomic E-state index is 14.6. The van der Waals surface area contributed by atoms with Gasteiger partial charge < -0.3 is 39.6 Å². The molecule has 5 aliphatic rings. The van der Waals surface area contributed by atoms with Gasteiger partial charge in [0, 0.05) is 30.4 Å². The summed E-state index contributed by atoms with van der Waals surface area (Å²) in [7, 11) is 2.63. The standard InChI is InChI=1S/C52H61N7O7/c1-30-11-23-43(58(30)50(61)47(57-52(63)65-5)39-25-32(3)66-45(27-39)37-21-22-37)41-26-40(28-53-41)35-15-13-33(14-16-35)34-17-19-36(20-18-34)42-29-54-48(55-42)44-24-12-31(2)59(44)49(60)46(56-51(62)64-4)38-9-7-6-8-10-38/h6-10,13-20,28-32,37,39,43-47H,11-12,21-27H2,1-5H3,(H,54,55)(H,56,62)(H,57,63)/t30-,31-,32+,39-,43-,44-,45-,46+,47-/m0/s1. The Balaban J connectivity index is 0.841. The third-order valence-electron chi connectivity index (χ3n) is 14.4. The van der Waals surface area contributed by atoms with Gasteiger partial charge in [0.2, 0.25) is 5.91 Å². The van der Waals surface area contributed by atoms with E-state index >= 15 is 0 Å². The molecular weight excluding hydrogens is 835 g/mol. The highest BCUT2D eigenvalue weighted by atomic mass is 16.5. The highest BCUT2D eigenvalue weighted by molar-refractivity contribution is 6.04. The average molecular weight is 896 g/mol. The highest BCUT2D eigenvalue weighted by Crippen LogP contribution is 2.43. The molecule has 5 heterocycles. The number of aliphatic imine (C=N–C) groups is 1. The molecule has 9 atom stereocenters. The van der Waals surface area contributed by atoms with Gasteiger partial charge in [0.25, 0.3) is 5.91 Å². The van der Waals surface area contributed by atoms with E-state index in [9.17, 15) is 19.2 Å². The van der Waals surface area contributed by atoms with Gasteiger partial charge in [0.05, 0.1) is 50.4 Å². The van der Waals surface area contributed by atoms with Crippen LogP contribution in [-0.4, -0.2) is 100 Å². The fourth-order valence-electron chi connectivity index (χ4n) is 10.8. The highest BCUT2D eigenvalue weighted by Gasteiger charge is 2.47. The zero-order valence-electron chi connectivity index (χ0n) is 38.4. The lowest BCUT2D eigenvalue weighted by Crippen LogP contribution is -2.57. The van der Waals surface area contributed by atoms with Crippen LogP contribution in [0.1, 0.15) is 108 Å². The molecule has 0 bridgehead atoms. The zero-order chi connectivity index (χ0) is 46.1. The lowest BCUT2D eigenvalue weighted by atomic mass is 9.83. The molecule has 9 rings (SSSR count). The lowest BCUT2D eigenvalue weighted by Gasteiger charge is -2.40. The quantitative estimate of drug-likeness (QED) is 0.127. The van der Waals surface area contributed by atoms with Crippen LogP contribution in [-0.2, 0) is 23.8 Å². The van der Waals surface area contributed by atoms with Crippen LogP contribution in [0.2, 0.25) is 0 Å². The summed E-state index contributed by atoms with van der Waals surface area (Å²) >= 11 is 0. The van der Waals surface area contributed by atoms with Crippen LogP contribution in [0.4, 0.5) is 9.59 Å². The summed E-state index contributed by atoms with van der Waals surface area (Å²) in [6, 6.07) is 24.0. The van der Waals surface area contributed by atoms with Crippen molar-refractivity contribution in [3.63, 3.8) is 0 Å². The van der Waals surface area contributed by atoms with Gasteiger partial charge in [0.15, 0.2) is 0 Å². The number of ether oxygens (including phenoxy) is 3. The molecule has 14 heteroatoms. The van der Waals surface area contributed by atoms with Crippen molar-refractivity contribution in [2.75, 3.05) is 14.2 Å². The molecule has 1 saturated carbocycles. The smallest absolute Gasteiger partial charge is 0.407 e. The van der Waals surface area contributed by atoms with Crippen molar-refractivity contribution in [3.8, 4) is 22.4 Å². The number of aromatic amines is 1. The number of allylic oxidation sites excluding steroid dienone is 1. The van der Waals surface area contributed by atoms with Crippen molar-refractivity contribution in [2.45, 2.75) is 127 Å². The molecule has 14 nitrogen and oxygen atoms in total. The second-order valence-corrected chi connectivity index (χ2v) is 18.8. The van der Waals surface area contributed by atoms with E-state index in [0.29, 0.717) is 30.1 Å². The Hall–Kier alpha value is -6.28. The molecule has 0 unspecified atom stereocenters. The second-order valence-electron chi connectivity index (χ2n) is 18.8. The number of alkyl carbamates (subject to hydrolysis) is 2. The van der Waals surface area contributed by atoms with E-state index in [2.05, 4.69) is 78.0 Å². The number of rotatable bonds is 12. The van der Waals surface area contributed by atoms with E-state index in [0.717, 1.165) is 84.2 Å². The normalized spacial score (nSPS) is 26.0. The topological polar surface area (TPSA) is 168 Å². The first-order valence-corrected chi connectivity index (χ1v) is 23.5. The summed E-state index contributed by atoms with van der Waals surface area (Å²) in [5.41, 5.74) is 7.82. The molecule has 4 aliphatic heterocycles. The van der Waals surface area contributed by atoms with Crippen molar-refractivity contribution in [2.24, 2.45) is 16.8 Å². The second kappa shape index (κ2) is 19.3. The SMILES string of the molecule is COC(=O)N[C@H](C(=O)N1[C@@H](C)CC[C@H]1C1=NC=C(c2ccc(-c3ccc(-c4cnc([C@@H]5CC[C@H](C)N5C(=O)[C@H](NC(=O)OC)c5ccccc5)[nH]4)cc3)cc2)C1)[C@H]1C[C@@H](C)O[C@H](C2CC2)C1. The fourth-order valence-corrected chi connectivity index (χ4v) is 10.8. The van der Waals surface area contributed by atoms with Crippen LogP contribution in [0.3, 0.4) is 0 Å². The molecule has 1 aliphatic carbocycles. The predicted octanol–water partition coefficient (Wildman–Crippen LogP) is 8.78. The number of benzene rings is 3. The zero-order valence-corrected chi connectivity index (χ0v) is 38.4. The van der Waals surface area contributed by atoms with Gasteiger partial charge in [0.1, 0.15) is 17.9 Å². The number of nitrogens with zero attached hydrogens (tertiary/aromatic N) is 4. The molecule has 3 N–H and O–H groups in total. The molecule has 4 aromatic rings. The van der Waals surface area contributed by atoms with Crippen molar-refractivity contribution in [3.05, 3.63) is 108 Å². The molecule has 346 valence electrons.